The predicted octanol–water partition coefficient (Wildman–Crippen LogP) is 2.68. The Morgan fingerprint density at radius 2 is 1.94 bits per heavy atom. The summed E-state index contributed by atoms with van der Waals surface area (Å²) in [5.41, 5.74) is 1.55. The second kappa shape index (κ2) is 5.32. The van der Waals surface area contributed by atoms with Crippen LogP contribution < -0.4 is 0 Å². The number of nitrogens with zero attached hydrogens (tertiary/aromatic N) is 1. The van der Waals surface area contributed by atoms with Gasteiger partial charge in [-0.2, -0.15) is 0 Å². The molecule has 0 fully saturated rings. The van der Waals surface area contributed by atoms with Crippen molar-refractivity contribution in [3.63, 3.8) is 0 Å². The zero-order chi connectivity index (χ0) is 13.1. The van der Waals surface area contributed by atoms with E-state index in [4.69, 9.17) is 0 Å². The van der Waals surface area contributed by atoms with Crippen LogP contribution in [0.2, 0.25) is 0 Å². The van der Waals surface area contributed by atoms with E-state index in [2.05, 4.69) is 19.1 Å². The van der Waals surface area contributed by atoms with E-state index in [1.807, 2.05) is 24.0 Å². The van der Waals surface area contributed by atoms with Gasteiger partial charge in [-0.1, -0.05) is 31.2 Å². The minimum atomic E-state index is -0.836. The Morgan fingerprint density at radius 3 is 2.41 bits per heavy atom. The highest BCUT2D eigenvalue weighted by atomic mass is 16.4. The van der Waals surface area contributed by atoms with Gasteiger partial charge in [0.05, 0.1) is 0 Å². The molecule has 3 heteroatoms. The SMILES string of the molecule is CCN(Cc1ccccc1C)C(C)(C)C(=O)O. The van der Waals surface area contributed by atoms with Gasteiger partial charge in [0.15, 0.2) is 0 Å². The van der Waals surface area contributed by atoms with E-state index in [1.54, 1.807) is 13.8 Å². The molecule has 0 bridgehead atoms. The molecule has 1 aromatic rings. The number of benzene rings is 1. The van der Waals surface area contributed by atoms with E-state index in [1.165, 1.54) is 11.1 Å². The maximum atomic E-state index is 11.3. The van der Waals surface area contributed by atoms with Crippen molar-refractivity contribution < 1.29 is 9.90 Å². The van der Waals surface area contributed by atoms with Crippen LogP contribution in [0.5, 0.6) is 0 Å². The fourth-order valence-electron chi connectivity index (χ4n) is 1.83. The van der Waals surface area contributed by atoms with Crippen molar-refractivity contribution in [3.8, 4) is 0 Å². The number of carboxylic acids is 1. The van der Waals surface area contributed by atoms with Gasteiger partial charge < -0.3 is 5.11 Å². The molecule has 1 N–H and O–H groups in total. The summed E-state index contributed by atoms with van der Waals surface area (Å²) < 4.78 is 0. The van der Waals surface area contributed by atoms with E-state index in [-0.39, 0.29) is 0 Å². The normalized spacial score (nSPS) is 11.8. The third-order valence-electron chi connectivity index (χ3n) is 3.32. The summed E-state index contributed by atoms with van der Waals surface area (Å²) in [7, 11) is 0. The monoisotopic (exact) mass is 235 g/mol. The second-order valence-electron chi connectivity index (χ2n) is 4.80. The topological polar surface area (TPSA) is 40.5 Å². The second-order valence-corrected chi connectivity index (χ2v) is 4.80. The van der Waals surface area contributed by atoms with Crippen LogP contribution in [0.3, 0.4) is 0 Å². The van der Waals surface area contributed by atoms with Crippen LogP contribution >= 0.6 is 0 Å². The van der Waals surface area contributed by atoms with E-state index in [9.17, 15) is 9.90 Å². The van der Waals surface area contributed by atoms with Crippen molar-refractivity contribution in [3.05, 3.63) is 35.4 Å². The molecule has 0 aliphatic heterocycles. The predicted molar refractivity (Wildman–Crippen MR) is 69.0 cm³/mol. The highest BCUT2D eigenvalue weighted by molar-refractivity contribution is 5.77. The molecule has 0 saturated carbocycles. The number of carbonyl (C=O) groups is 1. The molecular formula is C14H21NO2. The van der Waals surface area contributed by atoms with Crippen molar-refractivity contribution in [2.24, 2.45) is 0 Å². The number of hydrogen-bond acceptors (Lipinski definition) is 2. The summed E-state index contributed by atoms with van der Waals surface area (Å²) in [6, 6.07) is 8.09. The quantitative estimate of drug-likeness (QED) is 0.853. The van der Waals surface area contributed by atoms with Gasteiger partial charge >= 0.3 is 5.97 Å². The minimum Gasteiger partial charge on any atom is -0.480 e. The van der Waals surface area contributed by atoms with Crippen LogP contribution in [-0.2, 0) is 11.3 Å². The summed E-state index contributed by atoms with van der Waals surface area (Å²) >= 11 is 0. The lowest BCUT2D eigenvalue weighted by molar-refractivity contribution is -0.149. The number of rotatable bonds is 5. The van der Waals surface area contributed by atoms with Gasteiger partial charge in [0, 0.05) is 6.54 Å². The highest BCUT2D eigenvalue weighted by Crippen LogP contribution is 2.19. The maximum absolute atomic E-state index is 11.3. The van der Waals surface area contributed by atoms with Crippen LogP contribution in [0.25, 0.3) is 0 Å². The summed E-state index contributed by atoms with van der Waals surface area (Å²) in [6.45, 7) is 8.92. The van der Waals surface area contributed by atoms with Crippen molar-refractivity contribution in [1.29, 1.82) is 0 Å². The largest absolute Gasteiger partial charge is 0.480 e. The fraction of sp³-hybridized carbons (Fsp3) is 0.500. The Morgan fingerprint density at radius 1 is 1.35 bits per heavy atom. The molecule has 0 spiro atoms. The molecule has 0 heterocycles. The zero-order valence-corrected chi connectivity index (χ0v) is 11.0. The zero-order valence-electron chi connectivity index (χ0n) is 11.0. The molecule has 0 aromatic heterocycles. The molecule has 1 aromatic carbocycles. The number of carboxylic acid groups (broad SMARTS) is 1. The first-order valence-corrected chi connectivity index (χ1v) is 5.92. The summed E-state index contributed by atoms with van der Waals surface area (Å²) in [5, 5.41) is 9.25. The molecule has 0 radical (unpaired) electrons. The standard InChI is InChI=1S/C14H21NO2/c1-5-15(14(3,4)13(16)17)10-12-9-7-6-8-11(12)2/h6-9H,5,10H2,1-4H3,(H,16,17). The first kappa shape index (κ1) is 13.7. The summed E-state index contributed by atoms with van der Waals surface area (Å²) in [5.74, 6) is -0.784. The third-order valence-corrected chi connectivity index (χ3v) is 3.32. The van der Waals surface area contributed by atoms with Crippen LogP contribution in [0, 0.1) is 6.92 Å². The molecule has 94 valence electrons. The van der Waals surface area contributed by atoms with E-state index in [0.717, 1.165) is 0 Å². The van der Waals surface area contributed by atoms with Gasteiger partial charge in [-0.05, 0) is 38.4 Å². The first-order chi connectivity index (χ1) is 7.89. The summed E-state index contributed by atoms with van der Waals surface area (Å²) in [4.78, 5) is 13.2. The smallest absolute Gasteiger partial charge is 0.323 e. The highest BCUT2D eigenvalue weighted by Gasteiger charge is 2.33. The fourth-order valence-corrected chi connectivity index (χ4v) is 1.83. The van der Waals surface area contributed by atoms with Crippen LogP contribution in [0.15, 0.2) is 24.3 Å². The number of likely N-dealkylation sites (N-methyl/N-ethyl adjacent to an activating group) is 1. The lowest BCUT2D eigenvalue weighted by Gasteiger charge is -2.34. The Kier molecular flexibility index (Phi) is 4.29. The molecule has 1 rings (SSSR count). The van der Waals surface area contributed by atoms with Crippen molar-refractivity contribution in [1.82, 2.24) is 4.90 Å². The molecule has 0 amide bonds. The van der Waals surface area contributed by atoms with Gasteiger partial charge in [0.1, 0.15) is 5.54 Å². The molecule has 0 aliphatic carbocycles. The van der Waals surface area contributed by atoms with Gasteiger partial charge in [0.2, 0.25) is 0 Å². The average molecular weight is 235 g/mol. The minimum absolute atomic E-state index is 0.669. The summed E-state index contributed by atoms with van der Waals surface area (Å²) in [6.07, 6.45) is 0. The van der Waals surface area contributed by atoms with Gasteiger partial charge in [-0.3, -0.25) is 9.69 Å². The number of aliphatic carboxylic acids is 1. The lowest BCUT2D eigenvalue weighted by Crippen LogP contribution is -2.49. The van der Waals surface area contributed by atoms with Gasteiger partial charge in [-0.25, -0.2) is 0 Å². The van der Waals surface area contributed by atoms with Crippen LogP contribution in [0.1, 0.15) is 31.9 Å². The van der Waals surface area contributed by atoms with Crippen LogP contribution in [-0.4, -0.2) is 28.1 Å². The Labute approximate surface area is 103 Å². The van der Waals surface area contributed by atoms with Crippen molar-refractivity contribution >= 4 is 5.97 Å². The molecule has 17 heavy (non-hydrogen) atoms. The first-order valence-electron chi connectivity index (χ1n) is 5.92. The molecular weight excluding hydrogens is 214 g/mol. The average Bonchev–Trinajstić information content (AvgIpc) is 2.27. The number of hydrogen-bond donors (Lipinski definition) is 1. The third kappa shape index (κ3) is 3.07. The van der Waals surface area contributed by atoms with Gasteiger partial charge in [-0.15, -0.1) is 0 Å². The van der Waals surface area contributed by atoms with E-state index >= 15 is 0 Å². The van der Waals surface area contributed by atoms with E-state index in [0.29, 0.717) is 13.1 Å². The molecule has 0 atom stereocenters. The number of aryl methyl sites for hydroxylation is 1. The molecule has 0 unspecified atom stereocenters. The maximum Gasteiger partial charge on any atom is 0.323 e. The molecule has 0 aliphatic rings. The van der Waals surface area contributed by atoms with E-state index < -0.39 is 11.5 Å². The van der Waals surface area contributed by atoms with Gasteiger partial charge in [0.25, 0.3) is 0 Å². The van der Waals surface area contributed by atoms with Crippen LogP contribution in [0.4, 0.5) is 0 Å². The Balaban J connectivity index is 2.92. The lowest BCUT2D eigenvalue weighted by atomic mass is 10.0. The van der Waals surface area contributed by atoms with Crippen molar-refractivity contribution in [2.75, 3.05) is 6.54 Å². The molecule has 0 saturated heterocycles. The van der Waals surface area contributed by atoms with Crippen molar-refractivity contribution in [2.45, 2.75) is 39.8 Å². The molecule has 3 nitrogen and oxygen atoms in total. The Bertz CT molecular complexity index is 399. The Hall–Kier alpha value is -1.35.